The monoisotopic (exact) mass is 341 g/mol. The second kappa shape index (κ2) is 5.99. The van der Waals surface area contributed by atoms with Gasteiger partial charge in [0.15, 0.2) is 0 Å². The van der Waals surface area contributed by atoms with Crippen LogP contribution in [-0.4, -0.2) is 11.7 Å². The van der Waals surface area contributed by atoms with Gasteiger partial charge in [-0.05, 0) is 29.7 Å². The van der Waals surface area contributed by atoms with E-state index in [4.69, 9.17) is 16.3 Å². The lowest BCUT2D eigenvalue weighted by Gasteiger charge is -2.26. The van der Waals surface area contributed by atoms with E-state index in [1.807, 2.05) is 42.5 Å². The molecule has 2 aromatic carbocycles. The van der Waals surface area contributed by atoms with Crippen molar-refractivity contribution in [3.63, 3.8) is 0 Å². The molecular formula is C20H20ClNO2. The summed E-state index contributed by atoms with van der Waals surface area (Å²) in [6, 6.07) is 15.1. The van der Waals surface area contributed by atoms with Crippen molar-refractivity contribution in [2.24, 2.45) is 0 Å². The van der Waals surface area contributed by atoms with Crippen LogP contribution in [0.1, 0.15) is 26.5 Å². The predicted molar refractivity (Wildman–Crippen MR) is 99.8 cm³/mol. The first-order valence-corrected chi connectivity index (χ1v) is 8.20. The Morgan fingerprint density at radius 2 is 1.75 bits per heavy atom. The molecule has 0 saturated carbocycles. The summed E-state index contributed by atoms with van der Waals surface area (Å²) in [4.78, 5) is 13.3. The van der Waals surface area contributed by atoms with Crippen molar-refractivity contribution >= 4 is 22.4 Å². The average molecular weight is 342 g/mol. The number of nitrogens with zero attached hydrogens (tertiary/aromatic N) is 1. The molecule has 0 N–H and O–H groups in total. The van der Waals surface area contributed by atoms with Crippen LogP contribution in [0.2, 0.25) is 5.02 Å². The van der Waals surface area contributed by atoms with Crippen molar-refractivity contribution in [3.8, 4) is 11.4 Å². The summed E-state index contributed by atoms with van der Waals surface area (Å²) in [7, 11) is 1.61. The predicted octanol–water partition coefficient (Wildman–Crippen LogP) is 4.95. The molecule has 0 aliphatic heterocycles. The summed E-state index contributed by atoms with van der Waals surface area (Å²) in [5.74, 6) is 0.650. The molecule has 0 fully saturated rings. The standard InChI is InChI=1S/C20H20ClNO2/c1-20(2,3)17-12-13-8-7-9-14(21)18(13)19(23)22(17)15-10-5-6-11-16(15)24-4/h5-12H,1-4H3. The molecule has 0 spiro atoms. The molecule has 0 aliphatic rings. The fourth-order valence-corrected chi connectivity index (χ4v) is 3.19. The third-order valence-corrected chi connectivity index (χ3v) is 4.41. The van der Waals surface area contributed by atoms with E-state index in [0.29, 0.717) is 16.2 Å². The molecule has 3 nitrogen and oxygen atoms in total. The molecule has 1 heterocycles. The van der Waals surface area contributed by atoms with Crippen LogP contribution in [0.15, 0.2) is 53.3 Å². The van der Waals surface area contributed by atoms with Crippen molar-refractivity contribution in [1.82, 2.24) is 4.57 Å². The van der Waals surface area contributed by atoms with E-state index < -0.39 is 0 Å². The summed E-state index contributed by atoms with van der Waals surface area (Å²) in [5, 5.41) is 1.84. The highest BCUT2D eigenvalue weighted by Gasteiger charge is 2.23. The maximum absolute atomic E-state index is 13.3. The summed E-state index contributed by atoms with van der Waals surface area (Å²) in [5.41, 5.74) is 1.27. The lowest BCUT2D eigenvalue weighted by Crippen LogP contribution is -2.29. The van der Waals surface area contributed by atoms with Crippen LogP contribution in [-0.2, 0) is 5.41 Å². The SMILES string of the molecule is COc1ccccc1-n1c(C(C)(C)C)cc2cccc(Cl)c2c1=O. The number of rotatable bonds is 2. The molecule has 0 bridgehead atoms. The maximum Gasteiger partial charge on any atom is 0.264 e. The minimum absolute atomic E-state index is 0.132. The molecular weight excluding hydrogens is 322 g/mol. The van der Waals surface area contributed by atoms with Gasteiger partial charge in [-0.15, -0.1) is 0 Å². The van der Waals surface area contributed by atoms with Crippen LogP contribution >= 0.6 is 11.6 Å². The Kier molecular flexibility index (Phi) is 4.14. The summed E-state index contributed by atoms with van der Waals surface area (Å²) >= 11 is 6.32. The van der Waals surface area contributed by atoms with Crippen molar-refractivity contribution in [2.45, 2.75) is 26.2 Å². The van der Waals surface area contributed by atoms with Crippen molar-refractivity contribution < 1.29 is 4.74 Å². The van der Waals surface area contributed by atoms with Gasteiger partial charge in [0.1, 0.15) is 5.75 Å². The summed E-state index contributed by atoms with van der Waals surface area (Å²) < 4.78 is 7.19. The number of hydrogen-bond acceptors (Lipinski definition) is 2. The number of hydrogen-bond donors (Lipinski definition) is 0. The zero-order valence-electron chi connectivity index (χ0n) is 14.3. The van der Waals surface area contributed by atoms with E-state index in [1.54, 1.807) is 17.7 Å². The van der Waals surface area contributed by atoms with Gasteiger partial charge in [-0.25, -0.2) is 0 Å². The Hall–Kier alpha value is -2.26. The Balaban J connectivity index is 2.52. The smallest absolute Gasteiger partial charge is 0.264 e. The third kappa shape index (κ3) is 2.69. The molecule has 24 heavy (non-hydrogen) atoms. The zero-order valence-corrected chi connectivity index (χ0v) is 15.0. The van der Waals surface area contributed by atoms with Crippen LogP contribution in [0, 0.1) is 0 Å². The average Bonchev–Trinajstić information content (AvgIpc) is 2.53. The molecule has 3 aromatic rings. The molecule has 124 valence electrons. The minimum Gasteiger partial charge on any atom is -0.495 e. The maximum atomic E-state index is 13.3. The van der Waals surface area contributed by atoms with E-state index in [9.17, 15) is 4.79 Å². The Bertz CT molecular complexity index is 968. The number of benzene rings is 2. The molecule has 0 unspecified atom stereocenters. The quantitative estimate of drug-likeness (QED) is 0.660. The second-order valence-corrected chi connectivity index (χ2v) is 7.20. The Labute approximate surface area is 146 Å². The van der Waals surface area contributed by atoms with Gasteiger partial charge in [-0.3, -0.25) is 9.36 Å². The van der Waals surface area contributed by atoms with E-state index in [2.05, 4.69) is 20.8 Å². The second-order valence-electron chi connectivity index (χ2n) is 6.80. The van der Waals surface area contributed by atoms with Gasteiger partial charge in [-0.2, -0.15) is 0 Å². The first-order chi connectivity index (χ1) is 11.3. The molecule has 0 atom stereocenters. The number of pyridine rings is 1. The highest BCUT2D eigenvalue weighted by molar-refractivity contribution is 6.35. The van der Waals surface area contributed by atoms with Gasteiger partial charge in [0, 0.05) is 11.1 Å². The van der Waals surface area contributed by atoms with Gasteiger partial charge in [-0.1, -0.05) is 56.6 Å². The van der Waals surface area contributed by atoms with E-state index in [0.717, 1.165) is 16.8 Å². The number of para-hydroxylation sites is 2. The largest absolute Gasteiger partial charge is 0.495 e. The zero-order chi connectivity index (χ0) is 17.5. The number of ether oxygens (including phenoxy) is 1. The van der Waals surface area contributed by atoms with E-state index in [1.165, 1.54) is 0 Å². The number of aromatic nitrogens is 1. The topological polar surface area (TPSA) is 31.2 Å². The fourth-order valence-electron chi connectivity index (χ4n) is 2.93. The highest BCUT2D eigenvalue weighted by atomic mass is 35.5. The fraction of sp³-hybridized carbons (Fsp3) is 0.250. The summed E-state index contributed by atoms with van der Waals surface area (Å²) in [6.07, 6.45) is 0. The first-order valence-electron chi connectivity index (χ1n) is 7.83. The van der Waals surface area contributed by atoms with Crippen LogP contribution in [0.25, 0.3) is 16.5 Å². The van der Waals surface area contributed by atoms with Gasteiger partial charge in [0.2, 0.25) is 0 Å². The van der Waals surface area contributed by atoms with Gasteiger partial charge < -0.3 is 4.74 Å². The molecule has 0 radical (unpaired) electrons. The third-order valence-electron chi connectivity index (χ3n) is 4.09. The van der Waals surface area contributed by atoms with Gasteiger partial charge in [0.05, 0.1) is 23.2 Å². The molecule has 3 rings (SSSR count). The van der Waals surface area contributed by atoms with Crippen LogP contribution in [0.5, 0.6) is 5.75 Å². The highest BCUT2D eigenvalue weighted by Crippen LogP contribution is 2.31. The van der Waals surface area contributed by atoms with Crippen molar-refractivity contribution in [2.75, 3.05) is 7.11 Å². The van der Waals surface area contributed by atoms with Crippen molar-refractivity contribution in [1.29, 1.82) is 0 Å². The lowest BCUT2D eigenvalue weighted by atomic mass is 9.89. The molecule has 0 amide bonds. The molecule has 0 aliphatic carbocycles. The normalized spacial score (nSPS) is 11.7. The number of halogens is 1. The van der Waals surface area contributed by atoms with E-state index >= 15 is 0 Å². The van der Waals surface area contributed by atoms with Crippen LogP contribution in [0.4, 0.5) is 0 Å². The first kappa shape index (κ1) is 16.6. The van der Waals surface area contributed by atoms with Gasteiger partial charge in [0.25, 0.3) is 5.56 Å². The van der Waals surface area contributed by atoms with Gasteiger partial charge >= 0.3 is 0 Å². The summed E-state index contributed by atoms with van der Waals surface area (Å²) in [6.45, 7) is 6.26. The minimum atomic E-state index is -0.226. The molecule has 4 heteroatoms. The van der Waals surface area contributed by atoms with Crippen LogP contribution < -0.4 is 10.3 Å². The molecule has 1 aromatic heterocycles. The van der Waals surface area contributed by atoms with Crippen LogP contribution in [0.3, 0.4) is 0 Å². The van der Waals surface area contributed by atoms with E-state index in [-0.39, 0.29) is 11.0 Å². The Morgan fingerprint density at radius 3 is 2.42 bits per heavy atom. The Morgan fingerprint density at radius 1 is 1.04 bits per heavy atom. The number of fused-ring (bicyclic) bond motifs is 1. The van der Waals surface area contributed by atoms with Crippen molar-refractivity contribution in [3.05, 3.63) is 69.6 Å². The number of methoxy groups -OCH3 is 1. The lowest BCUT2D eigenvalue weighted by molar-refractivity contribution is 0.411. The molecule has 0 saturated heterocycles.